The number of hydrogen-bond acceptors (Lipinski definition) is 3. The molecule has 0 aliphatic carbocycles. The number of carbonyl (C=O) groups is 1. The SMILES string of the molecule is CCCNC(=O)c1nn(-c2cccc(C(F)(F)F)c2)c(C)cc1=O. The molecule has 2 rings (SSSR count). The Morgan fingerprint density at radius 3 is 2.62 bits per heavy atom. The highest BCUT2D eigenvalue weighted by Gasteiger charge is 2.30. The molecule has 0 aliphatic heterocycles. The van der Waals surface area contributed by atoms with E-state index in [1.165, 1.54) is 25.1 Å². The Kier molecular flexibility index (Phi) is 5.06. The molecule has 0 spiro atoms. The lowest BCUT2D eigenvalue weighted by molar-refractivity contribution is -0.137. The summed E-state index contributed by atoms with van der Waals surface area (Å²) >= 11 is 0. The van der Waals surface area contributed by atoms with Gasteiger partial charge in [0.25, 0.3) is 5.91 Å². The first-order chi connectivity index (χ1) is 11.2. The standard InChI is InChI=1S/C16H16F3N3O2/c1-3-7-20-15(24)14-13(23)8-10(2)22(21-14)12-6-4-5-11(9-12)16(17,18)19/h4-6,8-9H,3,7H2,1-2H3,(H,20,24). The number of nitrogens with one attached hydrogen (secondary N) is 1. The molecule has 0 fully saturated rings. The Morgan fingerprint density at radius 1 is 1.29 bits per heavy atom. The number of alkyl halides is 3. The Morgan fingerprint density at radius 2 is 2.00 bits per heavy atom. The number of nitrogens with zero attached hydrogens (tertiary/aromatic N) is 2. The molecule has 1 N–H and O–H groups in total. The summed E-state index contributed by atoms with van der Waals surface area (Å²) in [4.78, 5) is 23.9. The summed E-state index contributed by atoms with van der Waals surface area (Å²) < 4.78 is 39.7. The highest BCUT2D eigenvalue weighted by atomic mass is 19.4. The highest BCUT2D eigenvalue weighted by molar-refractivity contribution is 5.92. The molecule has 0 atom stereocenters. The van der Waals surface area contributed by atoms with Crippen LogP contribution in [0.3, 0.4) is 0 Å². The lowest BCUT2D eigenvalue weighted by Gasteiger charge is -2.13. The zero-order chi connectivity index (χ0) is 17.9. The number of aromatic nitrogens is 2. The molecule has 0 saturated carbocycles. The van der Waals surface area contributed by atoms with Gasteiger partial charge < -0.3 is 5.32 Å². The Labute approximate surface area is 136 Å². The number of benzene rings is 1. The molecular formula is C16H16F3N3O2. The number of halogens is 3. The van der Waals surface area contributed by atoms with Crippen LogP contribution in [0.2, 0.25) is 0 Å². The number of aryl methyl sites for hydroxylation is 1. The largest absolute Gasteiger partial charge is 0.416 e. The van der Waals surface area contributed by atoms with E-state index in [2.05, 4.69) is 10.4 Å². The van der Waals surface area contributed by atoms with Gasteiger partial charge in [-0.2, -0.15) is 18.3 Å². The van der Waals surface area contributed by atoms with Crippen LogP contribution < -0.4 is 10.7 Å². The predicted octanol–water partition coefficient (Wildman–Crippen LogP) is 2.70. The Hall–Kier alpha value is -2.64. The summed E-state index contributed by atoms with van der Waals surface area (Å²) in [5, 5.41) is 6.47. The average Bonchev–Trinajstić information content (AvgIpc) is 2.52. The van der Waals surface area contributed by atoms with Gasteiger partial charge in [-0.15, -0.1) is 0 Å². The first kappa shape index (κ1) is 17.7. The monoisotopic (exact) mass is 339 g/mol. The molecule has 1 heterocycles. The van der Waals surface area contributed by atoms with Gasteiger partial charge in [-0.05, 0) is 31.5 Å². The van der Waals surface area contributed by atoms with E-state index in [-0.39, 0.29) is 11.4 Å². The summed E-state index contributed by atoms with van der Waals surface area (Å²) in [6.45, 7) is 3.75. The average molecular weight is 339 g/mol. The number of amides is 1. The number of hydrogen-bond donors (Lipinski definition) is 1. The van der Waals surface area contributed by atoms with Gasteiger partial charge in [-0.1, -0.05) is 13.0 Å². The molecule has 1 aromatic carbocycles. The maximum atomic E-state index is 12.9. The summed E-state index contributed by atoms with van der Waals surface area (Å²) in [5.74, 6) is -0.650. The zero-order valence-corrected chi connectivity index (χ0v) is 13.1. The summed E-state index contributed by atoms with van der Waals surface area (Å²) in [6, 6.07) is 5.70. The van der Waals surface area contributed by atoms with E-state index in [0.29, 0.717) is 18.7 Å². The van der Waals surface area contributed by atoms with Crippen molar-refractivity contribution >= 4 is 5.91 Å². The molecule has 2 aromatic rings. The van der Waals surface area contributed by atoms with E-state index in [4.69, 9.17) is 0 Å². The van der Waals surface area contributed by atoms with Crippen molar-refractivity contribution in [1.82, 2.24) is 15.1 Å². The van der Waals surface area contributed by atoms with Crippen molar-refractivity contribution in [2.45, 2.75) is 26.4 Å². The van der Waals surface area contributed by atoms with Crippen LogP contribution in [0.1, 0.15) is 35.1 Å². The first-order valence-corrected chi connectivity index (χ1v) is 7.31. The fraction of sp³-hybridized carbons (Fsp3) is 0.312. The molecule has 1 aromatic heterocycles. The van der Waals surface area contributed by atoms with Crippen molar-refractivity contribution in [1.29, 1.82) is 0 Å². The van der Waals surface area contributed by atoms with Crippen LogP contribution in [0, 0.1) is 6.92 Å². The Balaban J connectivity index is 2.51. The van der Waals surface area contributed by atoms with Crippen LogP contribution in [0.4, 0.5) is 13.2 Å². The summed E-state index contributed by atoms with van der Waals surface area (Å²) in [6.07, 6.45) is -3.82. The van der Waals surface area contributed by atoms with Crippen LogP contribution in [0.15, 0.2) is 35.1 Å². The fourth-order valence-electron chi connectivity index (χ4n) is 2.10. The molecule has 128 valence electrons. The van der Waals surface area contributed by atoms with Crippen molar-refractivity contribution in [2.75, 3.05) is 6.54 Å². The molecular weight excluding hydrogens is 323 g/mol. The second kappa shape index (κ2) is 6.86. The quantitative estimate of drug-likeness (QED) is 0.931. The molecule has 1 amide bonds. The van der Waals surface area contributed by atoms with Gasteiger partial charge >= 0.3 is 6.18 Å². The highest BCUT2D eigenvalue weighted by Crippen LogP contribution is 2.30. The van der Waals surface area contributed by atoms with Gasteiger partial charge in [0.1, 0.15) is 0 Å². The van der Waals surface area contributed by atoms with Crippen LogP contribution in [0.25, 0.3) is 5.69 Å². The van der Waals surface area contributed by atoms with Gasteiger partial charge in [-0.3, -0.25) is 9.59 Å². The lowest BCUT2D eigenvalue weighted by atomic mass is 10.2. The van der Waals surface area contributed by atoms with Crippen molar-refractivity contribution in [2.24, 2.45) is 0 Å². The minimum Gasteiger partial charge on any atom is -0.351 e. The van der Waals surface area contributed by atoms with Crippen molar-refractivity contribution in [3.8, 4) is 5.69 Å². The van der Waals surface area contributed by atoms with Crippen molar-refractivity contribution in [3.05, 3.63) is 57.5 Å². The van der Waals surface area contributed by atoms with Gasteiger partial charge in [0.05, 0.1) is 11.3 Å². The minimum absolute atomic E-state index is 0.117. The van der Waals surface area contributed by atoms with Gasteiger partial charge in [-0.25, -0.2) is 4.68 Å². The van der Waals surface area contributed by atoms with Gasteiger partial charge in [0.15, 0.2) is 5.69 Å². The lowest BCUT2D eigenvalue weighted by Crippen LogP contribution is -2.32. The number of rotatable bonds is 4. The maximum absolute atomic E-state index is 12.9. The molecule has 24 heavy (non-hydrogen) atoms. The van der Waals surface area contributed by atoms with E-state index in [9.17, 15) is 22.8 Å². The smallest absolute Gasteiger partial charge is 0.351 e. The maximum Gasteiger partial charge on any atom is 0.416 e. The molecule has 5 nitrogen and oxygen atoms in total. The van der Waals surface area contributed by atoms with Crippen molar-refractivity contribution in [3.63, 3.8) is 0 Å². The van der Waals surface area contributed by atoms with Crippen LogP contribution >= 0.6 is 0 Å². The summed E-state index contributed by atoms with van der Waals surface area (Å²) in [5.41, 5.74) is -1.33. The molecule has 0 aliphatic rings. The normalized spacial score (nSPS) is 11.4. The van der Waals surface area contributed by atoms with Gasteiger partial charge in [0.2, 0.25) is 5.43 Å². The van der Waals surface area contributed by atoms with Crippen LogP contribution in [0.5, 0.6) is 0 Å². The van der Waals surface area contributed by atoms with Crippen LogP contribution in [-0.4, -0.2) is 22.2 Å². The third-order valence-corrected chi connectivity index (χ3v) is 3.28. The molecule has 8 heteroatoms. The Bertz CT molecular complexity index is 813. The third-order valence-electron chi connectivity index (χ3n) is 3.28. The van der Waals surface area contributed by atoms with Gasteiger partial charge in [0, 0.05) is 18.3 Å². The third kappa shape index (κ3) is 3.81. The van der Waals surface area contributed by atoms with Crippen molar-refractivity contribution < 1.29 is 18.0 Å². The van der Waals surface area contributed by atoms with E-state index in [0.717, 1.165) is 16.8 Å². The second-order valence-corrected chi connectivity index (χ2v) is 5.21. The second-order valence-electron chi connectivity index (χ2n) is 5.21. The first-order valence-electron chi connectivity index (χ1n) is 7.31. The van der Waals surface area contributed by atoms with E-state index >= 15 is 0 Å². The van der Waals surface area contributed by atoms with E-state index in [1.807, 2.05) is 6.92 Å². The molecule has 0 radical (unpaired) electrons. The van der Waals surface area contributed by atoms with E-state index in [1.54, 1.807) is 0 Å². The number of carbonyl (C=O) groups excluding carboxylic acids is 1. The predicted molar refractivity (Wildman–Crippen MR) is 82.2 cm³/mol. The zero-order valence-electron chi connectivity index (χ0n) is 13.1. The molecule has 0 bridgehead atoms. The van der Waals surface area contributed by atoms with Crippen LogP contribution in [-0.2, 0) is 6.18 Å². The topological polar surface area (TPSA) is 64.0 Å². The minimum atomic E-state index is -4.50. The van der Waals surface area contributed by atoms with E-state index < -0.39 is 23.1 Å². The molecule has 0 saturated heterocycles. The summed E-state index contributed by atoms with van der Waals surface area (Å²) in [7, 11) is 0. The molecule has 0 unspecified atom stereocenters. The fourth-order valence-corrected chi connectivity index (χ4v) is 2.10.